The van der Waals surface area contributed by atoms with Crippen molar-refractivity contribution in [3.05, 3.63) is 30.4 Å². The number of hydrogen-bond donors (Lipinski definition) is 1. The van der Waals surface area contributed by atoms with Gasteiger partial charge in [0.2, 0.25) is 5.91 Å². The fourth-order valence-electron chi connectivity index (χ4n) is 3.56. The lowest BCUT2D eigenvalue weighted by molar-refractivity contribution is -0.128. The molecule has 0 bridgehead atoms. The molecule has 0 saturated carbocycles. The van der Waals surface area contributed by atoms with Gasteiger partial charge in [0.05, 0.1) is 38.0 Å². The number of nitrogens with zero attached hydrogens (tertiary/aromatic N) is 3. The van der Waals surface area contributed by atoms with Crippen LogP contribution < -0.4 is 10.1 Å². The zero-order chi connectivity index (χ0) is 22.8. The van der Waals surface area contributed by atoms with E-state index in [9.17, 15) is 9.59 Å². The number of carbonyl (C=O) groups is 2. The largest absolute Gasteiger partial charge is 0.494 e. The molecule has 2 amide bonds. The number of rotatable bonds is 4. The normalized spacial score (nSPS) is 17.9. The van der Waals surface area contributed by atoms with Crippen LogP contribution in [0, 0.1) is 5.92 Å². The third-order valence-corrected chi connectivity index (χ3v) is 5.03. The topological polar surface area (TPSA) is 94.4 Å². The molecule has 170 valence electrons. The number of carbonyl (C=O) groups excluding carboxylic acids is 2. The second-order valence-electron chi connectivity index (χ2n) is 9.23. The highest BCUT2D eigenvalue weighted by Crippen LogP contribution is 2.26. The van der Waals surface area contributed by atoms with E-state index < -0.39 is 23.2 Å². The summed E-state index contributed by atoms with van der Waals surface area (Å²) in [6.07, 6.45) is 3.16. The summed E-state index contributed by atoms with van der Waals surface area (Å²) in [5, 5.41) is 3.07. The quantitative estimate of drug-likeness (QED) is 0.798. The number of aromatic nitrogens is 2. The van der Waals surface area contributed by atoms with Crippen molar-refractivity contribution in [3.8, 4) is 5.75 Å². The first-order valence-electron chi connectivity index (χ1n) is 10.4. The van der Waals surface area contributed by atoms with Crippen LogP contribution in [0.1, 0.15) is 40.4 Å². The minimum atomic E-state index is -0.765. The van der Waals surface area contributed by atoms with E-state index in [1.54, 1.807) is 13.3 Å². The second kappa shape index (κ2) is 8.74. The molecule has 0 spiro atoms. The number of ether oxygens (including phenoxy) is 3. The Kier molecular flexibility index (Phi) is 6.45. The summed E-state index contributed by atoms with van der Waals surface area (Å²) in [5.74, 6) is 0.650. The average molecular weight is 433 g/mol. The van der Waals surface area contributed by atoms with Crippen LogP contribution in [0.3, 0.4) is 0 Å². The third kappa shape index (κ3) is 5.28. The van der Waals surface area contributed by atoms with E-state index in [-0.39, 0.29) is 19.1 Å². The summed E-state index contributed by atoms with van der Waals surface area (Å²) < 4.78 is 18.4. The standard InChI is InChI=1S/C22H32N4O5/c1-21(2,3)31-20(28)25-10-11-30-14-15(13-25)18(27)24-22(4,5)19-23-12-16-17(29-6)8-7-9-26(16)19/h7-9,12,15H,10-11,13-14H2,1-6H3,(H,24,27). The molecule has 2 aromatic heterocycles. The molecule has 2 aromatic rings. The molecular weight excluding hydrogens is 400 g/mol. The predicted molar refractivity (Wildman–Crippen MR) is 115 cm³/mol. The van der Waals surface area contributed by atoms with Crippen LogP contribution >= 0.6 is 0 Å². The zero-order valence-electron chi connectivity index (χ0n) is 19.1. The maximum atomic E-state index is 13.1. The van der Waals surface area contributed by atoms with Gasteiger partial charge in [0, 0.05) is 19.3 Å². The van der Waals surface area contributed by atoms with E-state index in [0.717, 1.165) is 5.52 Å². The number of imidazole rings is 1. The van der Waals surface area contributed by atoms with Crippen molar-refractivity contribution in [3.63, 3.8) is 0 Å². The first-order chi connectivity index (χ1) is 14.5. The molecule has 0 aliphatic carbocycles. The monoisotopic (exact) mass is 432 g/mol. The molecule has 1 aliphatic heterocycles. The van der Waals surface area contributed by atoms with Crippen LogP contribution in [0.2, 0.25) is 0 Å². The molecule has 3 rings (SSSR count). The van der Waals surface area contributed by atoms with E-state index in [1.165, 1.54) is 4.90 Å². The lowest BCUT2D eigenvalue weighted by Gasteiger charge is -2.30. The van der Waals surface area contributed by atoms with E-state index >= 15 is 0 Å². The van der Waals surface area contributed by atoms with Crippen molar-refractivity contribution in [1.29, 1.82) is 0 Å². The van der Waals surface area contributed by atoms with Crippen LogP contribution in [0.5, 0.6) is 5.75 Å². The molecule has 1 saturated heterocycles. The maximum Gasteiger partial charge on any atom is 0.410 e. The van der Waals surface area contributed by atoms with Crippen molar-refractivity contribution in [2.45, 2.75) is 45.8 Å². The highest BCUT2D eigenvalue weighted by Gasteiger charge is 2.34. The first kappa shape index (κ1) is 22.9. The van der Waals surface area contributed by atoms with E-state index in [4.69, 9.17) is 14.2 Å². The van der Waals surface area contributed by atoms with Crippen LogP contribution in [0.25, 0.3) is 5.52 Å². The van der Waals surface area contributed by atoms with Gasteiger partial charge in [-0.25, -0.2) is 9.78 Å². The van der Waals surface area contributed by atoms with Gasteiger partial charge in [-0.3, -0.25) is 9.20 Å². The Morgan fingerprint density at radius 2 is 2.00 bits per heavy atom. The van der Waals surface area contributed by atoms with Crippen molar-refractivity contribution >= 4 is 17.5 Å². The van der Waals surface area contributed by atoms with Gasteiger partial charge in [0.1, 0.15) is 22.7 Å². The number of hydrogen-bond acceptors (Lipinski definition) is 6. The Morgan fingerprint density at radius 1 is 1.26 bits per heavy atom. The SMILES string of the molecule is COc1cccn2c(C(C)(C)NC(=O)C3COCCN(C(=O)OC(C)(C)C)C3)ncc12. The molecule has 1 aliphatic rings. The average Bonchev–Trinajstić information content (AvgIpc) is 2.96. The lowest BCUT2D eigenvalue weighted by Crippen LogP contribution is -2.49. The predicted octanol–water partition coefficient (Wildman–Crippen LogP) is 2.58. The third-order valence-electron chi connectivity index (χ3n) is 5.03. The van der Waals surface area contributed by atoms with E-state index in [2.05, 4.69) is 10.3 Å². The molecule has 9 heteroatoms. The summed E-state index contributed by atoms with van der Waals surface area (Å²) in [4.78, 5) is 31.7. The molecule has 9 nitrogen and oxygen atoms in total. The van der Waals surface area contributed by atoms with Crippen molar-refractivity contribution < 1.29 is 23.8 Å². The minimum absolute atomic E-state index is 0.208. The molecule has 1 N–H and O–H groups in total. The highest BCUT2D eigenvalue weighted by molar-refractivity contribution is 5.81. The Morgan fingerprint density at radius 3 is 2.68 bits per heavy atom. The lowest BCUT2D eigenvalue weighted by atomic mass is 10.0. The molecule has 1 fully saturated rings. The molecule has 31 heavy (non-hydrogen) atoms. The fraction of sp³-hybridized carbons (Fsp3) is 0.591. The van der Waals surface area contributed by atoms with Gasteiger partial charge >= 0.3 is 6.09 Å². The number of fused-ring (bicyclic) bond motifs is 1. The molecule has 1 atom stereocenters. The molecule has 1 unspecified atom stereocenters. The van der Waals surface area contributed by atoms with Gasteiger partial charge in [-0.1, -0.05) is 0 Å². The van der Waals surface area contributed by atoms with Gasteiger partial charge in [-0.05, 0) is 46.8 Å². The van der Waals surface area contributed by atoms with Crippen LogP contribution in [0.4, 0.5) is 4.79 Å². The van der Waals surface area contributed by atoms with Gasteiger partial charge in [-0.15, -0.1) is 0 Å². The van der Waals surface area contributed by atoms with Crippen molar-refractivity contribution in [2.75, 3.05) is 33.4 Å². The molecule has 0 aromatic carbocycles. The van der Waals surface area contributed by atoms with Crippen LogP contribution in [-0.4, -0.2) is 65.3 Å². The zero-order valence-corrected chi connectivity index (χ0v) is 19.1. The number of pyridine rings is 1. The summed E-state index contributed by atoms with van der Waals surface area (Å²) in [5.41, 5.74) is -0.553. The summed E-state index contributed by atoms with van der Waals surface area (Å²) in [6.45, 7) is 10.4. The molecule has 0 radical (unpaired) electrons. The van der Waals surface area contributed by atoms with Gasteiger partial charge < -0.3 is 24.4 Å². The van der Waals surface area contributed by atoms with Crippen LogP contribution in [-0.2, 0) is 19.8 Å². The number of methoxy groups -OCH3 is 1. The van der Waals surface area contributed by atoms with Gasteiger partial charge in [0.15, 0.2) is 0 Å². The smallest absolute Gasteiger partial charge is 0.410 e. The molecule has 3 heterocycles. The Balaban J connectivity index is 1.75. The molecular formula is C22H32N4O5. The maximum absolute atomic E-state index is 13.1. The Labute approximate surface area is 182 Å². The highest BCUT2D eigenvalue weighted by atomic mass is 16.6. The van der Waals surface area contributed by atoms with E-state index in [0.29, 0.717) is 24.7 Å². The van der Waals surface area contributed by atoms with Gasteiger partial charge in [0.25, 0.3) is 0 Å². The summed E-state index contributed by atoms with van der Waals surface area (Å²) >= 11 is 0. The van der Waals surface area contributed by atoms with Crippen molar-refractivity contribution in [2.24, 2.45) is 5.92 Å². The van der Waals surface area contributed by atoms with Crippen LogP contribution in [0.15, 0.2) is 24.5 Å². The number of nitrogens with one attached hydrogen (secondary N) is 1. The van der Waals surface area contributed by atoms with Crippen molar-refractivity contribution in [1.82, 2.24) is 19.6 Å². The Bertz CT molecular complexity index is 947. The fourth-order valence-corrected chi connectivity index (χ4v) is 3.56. The van der Waals surface area contributed by atoms with E-state index in [1.807, 2.05) is 57.3 Å². The number of amides is 2. The minimum Gasteiger partial charge on any atom is -0.494 e. The first-order valence-corrected chi connectivity index (χ1v) is 10.4. The van der Waals surface area contributed by atoms with Gasteiger partial charge in [-0.2, -0.15) is 0 Å². The second-order valence-corrected chi connectivity index (χ2v) is 9.23. The summed E-state index contributed by atoms with van der Waals surface area (Å²) in [7, 11) is 1.61. The summed E-state index contributed by atoms with van der Waals surface area (Å²) in [6, 6.07) is 3.73. The Hall–Kier alpha value is -2.81.